The Balaban J connectivity index is 0.00000196. The van der Waals surface area contributed by atoms with Gasteiger partial charge in [0.1, 0.15) is 0 Å². The van der Waals surface area contributed by atoms with Crippen LogP contribution in [0.2, 0.25) is 5.02 Å². The average Bonchev–Trinajstić information content (AvgIpc) is 3.16. The molecule has 2 bridgehead atoms. The number of benzene rings is 1. The molecule has 2 fully saturated rings. The van der Waals surface area contributed by atoms with E-state index in [9.17, 15) is 4.79 Å². The Morgan fingerprint density at radius 3 is 2.46 bits per heavy atom. The first kappa shape index (κ1) is 19.2. The predicted octanol–water partition coefficient (Wildman–Crippen LogP) is 3.61. The molecule has 140 valence electrons. The Kier molecular flexibility index (Phi) is 5.61. The van der Waals surface area contributed by atoms with E-state index in [1.807, 2.05) is 43.1 Å². The molecule has 0 saturated carbocycles. The number of carbonyl (C=O) groups excluding carboxylic acids is 1. The third-order valence-corrected chi connectivity index (χ3v) is 5.88. The Morgan fingerprint density at radius 2 is 1.85 bits per heavy atom. The molecular weight excluding hydrogens is 371 g/mol. The Hall–Kier alpha value is -1.56. The van der Waals surface area contributed by atoms with E-state index in [0.717, 1.165) is 24.2 Å². The topological polar surface area (TPSA) is 50.2 Å². The fourth-order valence-corrected chi connectivity index (χ4v) is 4.29. The standard InChI is InChI=1S/C19H23ClN4O.ClH/c1-12-18(11-21-24(12)16-7-3-13(20)4-8-16)19(25)23(2)17-9-14-5-6-15(10-17)22-14;/h3-4,7-8,11,14-15,17,22H,5-6,9-10H2,1-2H3;1H. The van der Waals surface area contributed by atoms with Crippen LogP contribution in [-0.2, 0) is 0 Å². The van der Waals surface area contributed by atoms with Gasteiger partial charge in [0.25, 0.3) is 5.91 Å². The summed E-state index contributed by atoms with van der Waals surface area (Å²) in [5.41, 5.74) is 2.43. The molecule has 0 spiro atoms. The fourth-order valence-electron chi connectivity index (χ4n) is 4.16. The summed E-state index contributed by atoms with van der Waals surface area (Å²) in [5, 5.41) is 8.74. The molecule has 1 aromatic carbocycles. The molecule has 2 atom stereocenters. The van der Waals surface area contributed by atoms with Crippen LogP contribution in [0.3, 0.4) is 0 Å². The van der Waals surface area contributed by atoms with Gasteiger partial charge in [0.15, 0.2) is 0 Å². The molecule has 2 saturated heterocycles. The number of piperidine rings is 1. The van der Waals surface area contributed by atoms with Gasteiger partial charge in [0, 0.05) is 30.2 Å². The maximum Gasteiger partial charge on any atom is 0.257 e. The third-order valence-electron chi connectivity index (χ3n) is 5.63. The SMILES string of the molecule is Cc1c(C(=O)N(C)C2CC3CCC(C2)N3)cnn1-c1ccc(Cl)cc1.Cl. The van der Waals surface area contributed by atoms with Crippen molar-refractivity contribution in [1.82, 2.24) is 20.0 Å². The van der Waals surface area contributed by atoms with Gasteiger partial charge in [0.2, 0.25) is 0 Å². The van der Waals surface area contributed by atoms with Gasteiger partial charge < -0.3 is 10.2 Å². The van der Waals surface area contributed by atoms with Crippen LogP contribution >= 0.6 is 24.0 Å². The van der Waals surface area contributed by atoms with Crippen molar-refractivity contribution in [3.63, 3.8) is 0 Å². The van der Waals surface area contributed by atoms with Crippen LogP contribution in [0.25, 0.3) is 5.69 Å². The normalized spacial score (nSPS) is 24.2. The highest BCUT2D eigenvalue weighted by atomic mass is 35.5. The van der Waals surface area contributed by atoms with Crippen molar-refractivity contribution in [2.75, 3.05) is 7.05 Å². The lowest BCUT2D eigenvalue weighted by Gasteiger charge is -2.35. The Bertz CT molecular complexity index is 777. The number of amides is 1. The molecule has 5 nitrogen and oxygen atoms in total. The maximum absolute atomic E-state index is 13.0. The molecule has 1 N–H and O–H groups in total. The average molecular weight is 395 g/mol. The highest BCUT2D eigenvalue weighted by molar-refractivity contribution is 6.30. The molecule has 3 heterocycles. The third kappa shape index (κ3) is 3.48. The summed E-state index contributed by atoms with van der Waals surface area (Å²) in [6, 6.07) is 8.92. The summed E-state index contributed by atoms with van der Waals surface area (Å²) in [6.45, 7) is 1.94. The summed E-state index contributed by atoms with van der Waals surface area (Å²) < 4.78 is 1.80. The van der Waals surface area contributed by atoms with Gasteiger partial charge in [-0.1, -0.05) is 11.6 Å². The van der Waals surface area contributed by atoms with E-state index < -0.39 is 0 Å². The second kappa shape index (κ2) is 7.59. The van der Waals surface area contributed by atoms with Crippen molar-refractivity contribution in [2.45, 2.75) is 50.7 Å². The number of fused-ring (bicyclic) bond motifs is 2. The maximum atomic E-state index is 13.0. The molecule has 0 aliphatic carbocycles. The zero-order valence-corrected chi connectivity index (χ0v) is 16.6. The zero-order chi connectivity index (χ0) is 17.6. The number of carbonyl (C=O) groups is 1. The summed E-state index contributed by atoms with van der Waals surface area (Å²) in [4.78, 5) is 14.9. The molecule has 4 rings (SSSR count). The van der Waals surface area contributed by atoms with E-state index in [2.05, 4.69) is 10.4 Å². The molecule has 7 heteroatoms. The van der Waals surface area contributed by atoms with Crippen molar-refractivity contribution >= 4 is 29.9 Å². The highest BCUT2D eigenvalue weighted by Crippen LogP contribution is 2.30. The summed E-state index contributed by atoms with van der Waals surface area (Å²) in [5.74, 6) is 0.0593. The first-order valence-corrected chi connectivity index (χ1v) is 9.24. The van der Waals surface area contributed by atoms with E-state index in [-0.39, 0.29) is 18.3 Å². The van der Waals surface area contributed by atoms with Gasteiger partial charge >= 0.3 is 0 Å². The Labute approximate surface area is 165 Å². The van der Waals surface area contributed by atoms with Crippen LogP contribution in [0.4, 0.5) is 0 Å². The lowest BCUT2D eigenvalue weighted by molar-refractivity contribution is 0.0681. The van der Waals surface area contributed by atoms with Crippen LogP contribution in [0.15, 0.2) is 30.5 Å². The smallest absolute Gasteiger partial charge is 0.257 e. The van der Waals surface area contributed by atoms with Crippen molar-refractivity contribution in [3.8, 4) is 5.69 Å². The number of nitrogens with one attached hydrogen (secondary N) is 1. The van der Waals surface area contributed by atoms with Crippen molar-refractivity contribution in [3.05, 3.63) is 46.7 Å². The van der Waals surface area contributed by atoms with Gasteiger partial charge in [-0.3, -0.25) is 4.79 Å². The van der Waals surface area contributed by atoms with E-state index in [0.29, 0.717) is 28.7 Å². The van der Waals surface area contributed by atoms with E-state index in [4.69, 9.17) is 11.6 Å². The second-order valence-electron chi connectivity index (χ2n) is 7.21. The molecule has 2 aliphatic rings. The van der Waals surface area contributed by atoms with Crippen LogP contribution in [0.1, 0.15) is 41.7 Å². The first-order valence-electron chi connectivity index (χ1n) is 8.86. The minimum absolute atomic E-state index is 0. The quantitative estimate of drug-likeness (QED) is 0.864. The van der Waals surface area contributed by atoms with Crippen molar-refractivity contribution in [1.29, 1.82) is 0 Å². The molecule has 1 amide bonds. The van der Waals surface area contributed by atoms with Gasteiger partial charge in [-0.25, -0.2) is 4.68 Å². The van der Waals surface area contributed by atoms with Crippen LogP contribution in [0.5, 0.6) is 0 Å². The first-order chi connectivity index (χ1) is 12.0. The van der Waals surface area contributed by atoms with E-state index in [1.54, 1.807) is 10.9 Å². The minimum Gasteiger partial charge on any atom is -0.338 e. The summed E-state index contributed by atoms with van der Waals surface area (Å²) >= 11 is 5.96. The van der Waals surface area contributed by atoms with Crippen LogP contribution < -0.4 is 5.32 Å². The van der Waals surface area contributed by atoms with E-state index >= 15 is 0 Å². The molecular formula is C19H24Cl2N4O. The van der Waals surface area contributed by atoms with Crippen molar-refractivity contribution in [2.24, 2.45) is 0 Å². The highest BCUT2D eigenvalue weighted by Gasteiger charge is 2.37. The number of hydrogen-bond donors (Lipinski definition) is 1. The van der Waals surface area contributed by atoms with Gasteiger partial charge in [-0.15, -0.1) is 12.4 Å². The Morgan fingerprint density at radius 1 is 1.23 bits per heavy atom. The molecule has 2 aliphatic heterocycles. The zero-order valence-electron chi connectivity index (χ0n) is 15.0. The largest absolute Gasteiger partial charge is 0.338 e. The van der Waals surface area contributed by atoms with Gasteiger partial charge in [-0.05, 0) is 56.9 Å². The van der Waals surface area contributed by atoms with Crippen LogP contribution in [-0.4, -0.2) is 45.8 Å². The number of nitrogens with zero attached hydrogens (tertiary/aromatic N) is 3. The monoisotopic (exact) mass is 394 g/mol. The fraction of sp³-hybridized carbons (Fsp3) is 0.474. The molecule has 2 aromatic rings. The number of halogens is 2. The molecule has 1 aromatic heterocycles. The summed E-state index contributed by atoms with van der Waals surface area (Å²) in [7, 11) is 1.93. The number of hydrogen-bond acceptors (Lipinski definition) is 3. The lowest BCUT2D eigenvalue weighted by atomic mass is 9.98. The second-order valence-corrected chi connectivity index (χ2v) is 7.65. The van der Waals surface area contributed by atoms with Crippen LogP contribution in [0, 0.1) is 6.92 Å². The summed E-state index contributed by atoms with van der Waals surface area (Å²) in [6.07, 6.45) is 6.23. The predicted molar refractivity (Wildman–Crippen MR) is 106 cm³/mol. The minimum atomic E-state index is 0. The van der Waals surface area contributed by atoms with Gasteiger partial charge in [-0.2, -0.15) is 5.10 Å². The van der Waals surface area contributed by atoms with Crippen molar-refractivity contribution < 1.29 is 4.79 Å². The molecule has 0 radical (unpaired) electrons. The lowest BCUT2D eigenvalue weighted by Crippen LogP contribution is -2.48. The molecule has 2 unspecified atom stereocenters. The van der Waals surface area contributed by atoms with E-state index in [1.165, 1.54) is 12.8 Å². The molecule has 26 heavy (non-hydrogen) atoms. The number of aromatic nitrogens is 2. The number of rotatable bonds is 3. The van der Waals surface area contributed by atoms with Gasteiger partial charge in [0.05, 0.1) is 23.1 Å².